The molecule has 0 aliphatic carbocycles. The van der Waals surface area contributed by atoms with Gasteiger partial charge in [-0.1, -0.05) is 30.3 Å². The Hall–Kier alpha value is -1.65. The Balaban J connectivity index is 2.05. The van der Waals surface area contributed by atoms with Crippen LogP contribution in [0.15, 0.2) is 42.7 Å². The Morgan fingerprint density at radius 1 is 1.20 bits per heavy atom. The highest BCUT2D eigenvalue weighted by atomic mass is 16.6. The molecule has 78 valence electrons. The summed E-state index contributed by atoms with van der Waals surface area (Å²) in [6, 6.07) is 10.2. The summed E-state index contributed by atoms with van der Waals surface area (Å²) in [5.74, 6) is 4.99. The first-order valence-corrected chi connectivity index (χ1v) is 4.75. The number of hydrogen-bond donors (Lipinski definition) is 1. The lowest BCUT2D eigenvalue weighted by atomic mass is 10.2. The van der Waals surface area contributed by atoms with Crippen molar-refractivity contribution in [2.75, 3.05) is 0 Å². The van der Waals surface area contributed by atoms with E-state index < -0.39 is 0 Å². The van der Waals surface area contributed by atoms with Crippen molar-refractivity contribution in [1.29, 1.82) is 0 Å². The van der Waals surface area contributed by atoms with E-state index >= 15 is 0 Å². The zero-order chi connectivity index (χ0) is 10.5. The Labute approximate surface area is 88.2 Å². The van der Waals surface area contributed by atoms with Gasteiger partial charge in [0.1, 0.15) is 0 Å². The molecule has 0 aliphatic rings. The van der Waals surface area contributed by atoms with E-state index in [4.69, 9.17) is 5.90 Å². The maximum Gasteiger partial charge on any atom is 0.0960 e. The molecule has 15 heavy (non-hydrogen) atoms. The molecule has 0 saturated carbocycles. The Morgan fingerprint density at radius 3 is 2.73 bits per heavy atom. The van der Waals surface area contributed by atoms with Crippen molar-refractivity contribution in [1.82, 2.24) is 9.78 Å². The maximum absolute atomic E-state index is 4.99. The lowest BCUT2D eigenvalue weighted by molar-refractivity contribution is 0.124. The van der Waals surface area contributed by atoms with Crippen molar-refractivity contribution in [3.63, 3.8) is 0 Å². The van der Waals surface area contributed by atoms with E-state index in [1.807, 2.05) is 29.1 Å². The molecule has 0 fully saturated rings. The molecule has 0 unspecified atom stereocenters. The van der Waals surface area contributed by atoms with Crippen LogP contribution < -0.4 is 5.90 Å². The monoisotopic (exact) mass is 203 g/mol. The molecule has 0 radical (unpaired) electrons. The molecule has 2 rings (SSSR count). The highest BCUT2D eigenvalue weighted by Gasteiger charge is 1.98. The molecule has 1 aromatic carbocycles. The van der Waals surface area contributed by atoms with E-state index in [1.54, 1.807) is 6.20 Å². The van der Waals surface area contributed by atoms with E-state index in [2.05, 4.69) is 22.1 Å². The third-order valence-electron chi connectivity index (χ3n) is 2.12. The summed E-state index contributed by atoms with van der Waals surface area (Å²) in [6.07, 6.45) is 3.69. The minimum absolute atomic E-state index is 0.398. The number of rotatable bonds is 4. The second-order valence-corrected chi connectivity index (χ2v) is 3.34. The molecule has 4 heteroatoms. The molecule has 0 spiro atoms. The van der Waals surface area contributed by atoms with Gasteiger partial charge in [0.2, 0.25) is 0 Å². The van der Waals surface area contributed by atoms with Gasteiger partial charge in [-0.15, -0.1) is 0 Å². The second-order valence-electron chi connectivity index (χ2n) is 3.34. The lowest BCUT2D eigenvalue weighted by Gasteiger charge is -2.00. The number of benzene rings is 1. The first-order chi connectivity index (χ1) is 7.38. The van der Waals surface area contributed by atoms with E-state index in [9.17, 15) is 0 Å². The number of aromatic nitrogens is 2. The Bertz CT molecular complexity index is 411. The summed E-state index contributed by atoms with van der Waals surface area (Å²) < 4.78 is 1.86. The predicted octanol–water partition coefficient (Wildman–Crippen LogP) is 1.32. The van der Waals surface area contributed by atoms with Crippen LogP contribution in [-0.4, -0.2) is 9.78 Å². The maximum atomic E-state index is 4.99. The summed E-state index contributed by atoms with van der Waals surface area (Å²) in [4.78, 5) is 4.54. The van der Waals surface area contributed by atoms with Gasteiger partial charge in [0.05, 0.1) is 19.3 Å². The van der Waals surface area contributed by atoms with Crippen LogP contribution in [0.1, 0.15) is 11.1 Å². The molecule has 1 heterocycles. The normalized spacial score (nSPS) is 10.5. The van der Waals surface area contributed by atoms with Crippen LogP contribution in [0.25, 0.3) is 0 Å². The lowest BCUT2D eigenvalue weighted by Crippen LogP contribution is -2.00. The highest BCUT2D eigenvalue weighted by Crippen LogP contribution is 2.04. The summed E-state index contributed by atoms with van der Waals surface area (Å²) in [5.41, 5.74) is 2.20. The van der Waals surface area contributed by atoms with Crippen LogP contribution in [0.5, 0.6) is 0 Å². The zero-order valence-electron chi connectivity index (χ0n) is 8.34. The fourth-order valence-electron chi connectivity index (χ4n) is 1.43. The molecule has 4 nitrogen and oxygen atoms in total. The quantitative estimate of drug-likeness (QED) is 0.762. The molecular formula is C11H13N3O. The molecular weight excluding hydrogens is 190 g/mol. The van der Waals surface area contributed by atoms with Gasteiger partial charge in [-0.2, -0.15) is 5.10 Å². The van der Waals surface area contributed by atoms with Gasteiger partial charge in [0.25, 0.3) is 0 Å². The topological polar surface area (TPSA) is 53.1 Å². The van der Waals surface area contributed by atoms with E-state index in [0.717, 1.165) is 12.1 Å². The average Bonchev–Trinajstić information content (AvgIpc) is 2.68. The highest BCUT2D eigenvalue weighted by molar-refractivity contribution is 5.15. The summed E-state index contributed by atoms with van der Waals surface area (Å²) in [5, 5.41) is 4.21. The van der Waals surface area contributed by atoms with Gasteiger partial charge < -0.3 is 0 Å². The zero-order valence-corrected chi connectivity index (χ0v) is 8.34. The van der Waals surface area contributed by atoms with Crippen LogP contribution in [0.2, 0.25) is 0 Å². The standard InChI is InChI=1S/C11H13N3O/c12-15-9-11-6-13-14(8-11)7-10-4-2-1-3-5-10/h1-6,8H,7,9,12H2. The molecule has 2 aromatic rings. The molecule has 1 aromatic heterocycles. The predicted molar refractivity (Wildman–Crippen MR) is 56.7 cm³/mol. The first-order valence-electron chi connectivity index (χ1n) is 4.75. The summed E-state index contributed by atoms with van der Waals surface area (Å²) >= 11 is 0. The van der Waals surface area contributed by atoms with Crippen LogP contribution >= 0.6 is 0 Å². The molecule has 2 N–H and O–H groups in total. The minimum Gasteiger partial charge on any atom is -0.300 e. The van der Waals surface area contributed by atoms with Gasteiger partial charge in [-0.05, 0) is 5.56 Å². The fraction of sp³-hybridized carbons (Fsp3) is 0.182. The van der Waals surface area contributed by atoms with Crippen molar-refractivity contribution in [3.05, 3.63) is 53.9 Å². The molecule has 0 aliphatic heterocycles. The fourth-order valence-corrected chi connectivity index (χ4v) is 1.43. The molecule has 0 bridgehead atoms. The van der Waals surface area contributed by atoms with Crippen LogP contribution in [0, 0.1) is 0 Å². The van der Waals surface area contributed by atoms with Crippen LogP contribution in [-0.2, 0) is 18.0 Å². The van der Waals surface area contributed by atoms with Crippen molar-refractivity contribution >= 4 is 0 Å². The third kappa shape index (κ3) is 2.65. The largest absolute Gasteiger partial charge is 0.300 e. The van der Waals surface area contributed by atoms with Crippen molar-refractivity contribution in [2.45, 2.75) is 13.2 Å². The molecule has 0 saturated heterocycles. The number of nitrogens with two attached hydrogens (primary N) is 1. The van der Waals surface area contributed by atoms with Crippen LogP contribution in [0.3, 0.4) is 0 Å². The number of hydrogen-bond acceptors (Lipinski definition) is 3. The SMILES string of the molecule is NOCc1cnn(Cc2ccccc2)c1. The van der Waals surface area contributed by atoms with Crippen LogP contribution in [0.4, 0.5) is 0 Å². The second kappa shape index (κ2) is 4.72. The van der Waals surface area contributed by atoms with E-state index in [1.165, 1.54) is 5.56 Å². The van der Waals surface area contributed by atoms with Gasteiger partial charge in [0, 0.05) is 11.8 Å². The van der Waals surface area contributed by atoms with Crippen molar-refractivity contribution in [2.24, 2.45) is 5.90 Å². The van der Waals surface area contributed by atoms with Gasteiger partial charge in [-0.3, -0.25) is 9.52 Å². The first kappa shape index (κ1) is 9.89. The van der Waals surface area contributed by atoms with Crippen molar-refractivity contribution in [3.8, 4) is 0 Å². The van der Waals surface area contributed by atoms with Gasteiger partial charge in [0.15, 0.2) is 0 Å². The smallest absolute Gasteiger partial charge is 0.0960 e. The number of nitrogens with zero attached hydrogens (tertiary/aromatic N) is 2. The molecule has 0 amide bonds. The van der Waals surface area contributed by atoms with Crippen molar-refractivity contribution < 1.29 is 4.84 Å². The third-order valence-corrected chi connectivity index (χ3v) is 2.12. The minimum atomic E-state index is 0.398. The van der Waals surface area contributed by atoms with Gasteiger partial charge >= 0.3 is 0 Å². The molecule has 0 atom stereocenters. The van der Waals surface area contributed by atoms with E-state index in [0.29, 0.717) is 6.61 Å². The van der Waals surface area contributed by atoms with Gasteiger partial charge in [-0.25, -0.2) is 5.90 Å². The summed E-state index contributed by atoms with van der Waals surface area (Å²) in [6.45, 7) is 1.17. The Morgan fingerprint density at radius 2 is 2.00 bits per heavy atom. The Kier molecular flexibility index (Phi) is 3.11. The summed E-state index contributed by atoms with van der Waals surface area (Å²) in [7, 11) is 0. The average molecular weight is 203 g/mol. The van der Waals surface area contributed by atoms with E-state index in [-0.39, 0.29) is 0 Å².